The summed E-state index contributed by atoms with van der Waals surface area (Å²) in [7, 11) is 0. The Morgan fingerprint density at radius 1 is 1.53 bits per heavy atom. The second kappa shape index (κ2) is 4.68. The molecule has 1 atom stereocenters. The van der Waals surface area contributed by atoms with E-state index < -0.39 is 0 Å². The first kappa shape index (κ1) is 10.5. The van der Waals surface area contributed by atoms with Crippen molar-refractivity contribution in [3.63, 3.8) is 0 Å². The minimum Gasteiger partial charge on any atom is -0.381 e. The Morgan fingerprint density at radius 3 is 3.07 bits per heavy atom. The Hall–Kier alpha value is -1.00. The first-order valence-electron chi connectivity index (χ1n) is 5.39. The molecule has 82 valence electrons. The summed E-state index contributed by atoms with van der Waals surface area (Å²) in [5.41, 5.74) is 7.51. The summed E-state index contributed by atoms with van der Waals surface area (Å²) in [6.45, 7) is 4.18. The monoisotopic (exact) mass is 207 g/mol. The molecule has 0 aromatic carbocycles. The van der Waals surface area contributed by atoms with Crippen molar-refractivity contribution in [1.82, 2.24) is 9.97 Å². The molecule has 0 aliphatic carbocycles. The predicted octanol–water partition coefficient (Wildman–Crippen LogP) is 0.823. The zero-order valence-electron chi connectivity index (χ0n) is 9.07. The summed E-state index contributed by atoms with van der Waals surface area (Å²) in [4.78, 5) is 8.85. The van der Waals surface area contributed by atoms with Gasteiger partial charge in [-0.3, -0.25) is 0 Å². The lowest BCUT2D eigenvalue weighted by atomic mass is 10.0. The molecule has 1 aromatic rings. The minimum atomic E-state index is 0.484. The Morgan fingerprint density at radius 2 is 2.40 bits per heavy atom. The number of aromatic nitrogens is 2. The van der Waals surface area contributed by atoms with Gasteiger partial charge in [0.05, 0.1) is 5.69 Å². The second-order valence-corrected chi connectivity index (χ2v) is 4.05. The molecule has 1 unspecified atom stereocenters. The van der Waals surface area contributed by atoms with E-state index in [0.717, 1.165) is 43.3 Å². The first-order chi connectivity index (χ1) is 7.28. The molecule has 15 heavy (non-hydrogen) atoms. The quantitative estimate of drug-likeness (QED) is 0.797. The fraction of sp³-hybridized carbons (Fsp3) is 0.636. The maximum absolute atomic E-state index is 5.58. The lowest BCUT2D eigenvalue weighted by molar-refractivity contribution is 0.185. The summed E-state index contributed by atoms with van der Waals surface area (Å²) in [5.74, 6) is 1.49. The third-order valence-corrected chi connectivity index (χ3v) is 2.66. The lowest BCUT2D eigenvalue weighted by Crippen LogP contribution is -2.11. The largest absolute Gasteiger partial charge is 0.381 e. The van der Waals surface area contributed by atoms with Crippen molar-refractivity contribution in [3.8, 4) is 0 Å². The van der Waals surface area contributed by atoms with Crippen LogP contribution in [-0.4, -0.2) is 23.2 Å². The summed E-state index contributed by atoms with van der Waals surface area (Å²) < 4.78 is 5.34. The smallest absolute Gasteiger partial charge is 0.129 e. The van der Waals surface area contributed by atoms with E-state index in [1.165, 1.54) is 0 Å². The summed E-state index contributed by atoms with van der Waals surface area (Å²) >= 11 is 0. The van der Waals surface area contributed by atoms with Crippen molar-refractivity contribution < 1.29 is 4.74 Å². The van der Waals surface area contributed by atoms with Gasteiger partial charge in [-0.05, 0) is 25.3 Å². The van der Waals surface area contributed by atoms with E-state index in [-0.39, 0.29) is 0 Å². The molecule has 1 aromatic heterocycles. The maximum atomic E-state index is 5.58. The van der Waals surface area contributed by atoms with Crippen molar-refractivity contribution in [1.29, 1.82) is 0 Å². The zero-order chi connectivity index (χ0) is 10.7. The molecular formula is C11H17N3O. The van der Waals surface area contributed by atoms with Gasteiger partial charge in [-0.15, -0.1) is 0 Å². The molecule has 4 heteroatoms. The van der Waals surface area contributed by atoms with Crippen LogP contribution in [-0.2, 0) is 17.7 Å². The van der Waals surface area contributed by atoms with Gasteiger partial charge in [0.25, 0.3) is 0 Å². The Balaban J connectivity index is 2.09. The average molecular weight is 207 g/mol. The van der Waals surface area contributed by atoms with Crippen LogP contribution in [0.3, 0.4) is 0 Å². The van der Waals surface area contributed by atoms with Crippen LogP contribution in [0.2, 0.25) is 0 Å². The number of nitrogens with zero attached hydrogens (tertiary/aromatic N) is 2. The number of nitrogens with two attached hydrogens (primary N) is 1. The molecule has 1 saturated heterocycles. The topological polar surface area (TPSA) is 61.0 Å². The average Bonchev–Trinajstić information content (AvgIpc) is 2.69. The highest BCUT2D eigenvalue weighted by Gasteiger charge is 2.17. The molecule has 4 nitrogen and oxygen atoms in total. The van der Waals surface area contributed by atoms with Gasteiger partial charge in [0.2, 0.25) is 0 Å². The van der Waals surface area contributed by atoms with E-state index in [4.69, 9.17) is 10.5 Å². The maximum Gasteiger partial charge on any atom is 0.129 e. The highest BCUT2D eigenvalue weighted by atomic mass is 16.5. The van der Waals surface area contributed by atoms with Crippen LogP contribution in [0.4, 0.5) is 0 Å². The number of hydrogen-bond acceptors (Lipinski definition) is 4. The third kappa shape index (κ3) is 2.73. The van der Waals surface area contributed by atoms with E-state index >= 15 is 0 Å². The lowest BCUT2D eigenvalue weighted by Gasteiger charge is -2.08. The molecule has 1 aliphatic heterocycles. The fourth-order valence-corrected chi connectivity index (χ4v) is 1.90. The van der Waals surface area contributed by atoms with E-state index in [9.17, 15) is 0 Å². The fourth-order valence-electron chi connectivity index (χ4n) is 1.90. The number of hydrogen-bond donors (Lipinski definition) is 1. The number of ether oxygens (including phenoxy) is 1. The van der Waals surface area contributed by atoms with Crippen molar-refractivity contribution in [2.45, 2.75) is 26.3 Å². The van der Waals surface area contributed by atoms with Gasteiger partial charge < -0.3 is 10.5 Å². The summed E-state index contributed by atoms with van der Waals surface area (Å²) in [6.07, 6.45) is 2.03. The molecule has 0 radical (unpaired) electrons. The van der Waals surface area contributed by atoms with Gasteiger partial charge in [0.15, 0.2) is 0 Å². The molecule has 2 rings (SSSR count). The van der Waals surface area contributed by atoms with Gasteiger partial charge >= 0.3 is 0 Å². The van der Waals surface area contributed by atoms with Crippen molar-refractivity contribution in [2.24, 2.45) is 11.7 Å². The van der Waals surface area contributed by atoms with Crippen LogP contribution < -0.4 is 5.73 Å². The molecule has 0 spiro atoms. The van der Waals surface area contributed by atoms with Crippen LogP contribution in [0.1, 0.15) is 23.6 Å². The number of aryl methyl sites for hydroxylation is 1. The van der Waals surface area contributed by atoms with Gasteiger partial charge in [0, 0.05) is 31.9 Å². The van der Waals surface area contributed by atoms with E-state index in [2.05, 4.69) is 9.97 Å². The third-order valence-electron chi connectivity index (χ3n) is 2.66. The standard InChI is InChI=1S/C11H17N3O/c1-8-4-10(6-12)14-11(13-8)5-9-2-3-15-7-9/h4,9H,2-3,5-7,12H2,1H3. The van der Waals surface area contributed by atoms with Gasteiger partial charge in [-0.1, -0.05) is 0 Å². The molecule has 0 bridgehead atoms. The molecule has 0 saturated carbocycles. The van der Waals surface area contributed by atoms with E-state index in [1.54, 1.807) is 0 Å². The normalized spacial score (nSPS) is 20.8. The predicted molar refractivity (Wildman–Crippen MR) is 57.3 cm³/mol. The van der Waals surface area contributed by atoms with Crippen molar-refractivity contribution in [2.75, 3.05) is 13.2 Å². The zero-order valence-corrected chi connectivity index (χ0v) is 9.07. The van der Waals surface area contributed by atoms with Crippen LogP contribution in [0.15, 0.2) is 6.07 Å². The Labute approximate surface area is 89.9 Å². The number of rotatable bonds is 3. The highest BCUT2D eigenvalue weighted by molar-refractivity contribution is 5.10. The molecular weight excluding hydrogens is 190 g/mol. The van der Waals surface area contributed by atoms with Crippen molar-refractivity contribution >= 4 is 0 Å². The summed E-state index contributed by atoms with van der Waals surface area (Å²) in [5, 5.41) is 0. The van der Waals surface area contributed by atoms with Crippen LogP contribution >= 0.6 is 0 Å². The van der Waals surface area contributed by atoms with Crippen LogP contribution in [0, 0.1) is 12.8 Å². The highest BCUT2D eigenvalue weighted by Crippen LogP contribution is 2.16. The second-order valence-electron chi connectivity index (χ2n) is 4.05. The van der Waals surface area contributed by atoms with Gasteiger partial charge in [-0.2, -0.15) is 0 Å². The van der Waals surface area contributed by atoms with Gasteiger partial charge in [0.1, 0.15) is 5.82 Å². The molecule has 2 N–H and O–H groups in total. The van der Waals surface area contributed by atoms with E-state index in [1.807, 2.05) is 13.0 Å². The van der Waals surface area contributed by atoms with Crippen LogP contribution in [0.25, 0.3) is 0 Å². The van der Waals surface area contributed by atoms with Gasteiger partial charge in [-0.25, -0.2) is 9.97 Å². The first-order valence-corrected chi connectivity index (χ1v) is 5.39. The van der Waals surface area contributed by atoms with Crippen LogP contribution in [0.5, 0.6) is 0 Å². The van der Waals surface area contributed by atoms with E-state index in [0.29, 0.717) is 12.5 Å². The summed E-state index contributed by atoms with van der Waals surface area (Å²) in [6, 6.07) is 1.94. The SMILES string of the molecule is Cc1cc(CN)nc(CC2CCOC2)n1. The Kier molecular flexibility index (Phi) is 3.28. The molecule has 1 fully saturated rings. The Bertz CT molecular complexity index is 335. The molecule has 1 aliphatic rings. The minimum absolute atomic E-state index is 0.484. The van der Waals surface area contributed by atoms with Crippen molar-refractivity contribution in [3.05, 3.63) is 23.3 Å². The molecule has 2 heterocycles. The molecule has 0 amide bonds.